The van der Waals surface area contributed by atoms with Crippen molar-refractivity contribution >= 4 is 70.1 Å². The van der Waals surface area contributed by atoms with Gasteiger partial charge in [-0.2, -0.15) is 9.13 Å². The van der Waals surface area contributed by atoms with Crippen LogP contribution in [0.15, 0.2) is 145 Å². The number of halogens is 1. The number of allylic oxidation sites excluding steroid dienone is 4. The van der Waals surface area contributed by atoms with Gasteiger partial charge in [-0.3, -0.25) is 0 Å². The Morgan fingerprint density at radius 2 is 1.30 bits per heavy atom. The molecule has 6 aromatic rings. The molecule has 0 fully saturated rings. The first-order chi connectivity index (χ1) is 30.8. The van der Waals surface area contributed by atoms with Crippen LogP contribution in [0.4, 0.5) is 0 Å². The zero-order chi connectivity index (χ0) is 42.9. The lowest BCUT2D eigenvalue weighted by atomic mass is 9.88. The van der Waals surface area contributed by atoms with Gasteiger partial charge in [0, 0.05) is 67.8 Å². The van der Waals surface area contributed by atoms with Crippen molar-refractivity contribution in [2.45, 2.75) is 26.7 Å². The van der Waals surface area contributed by atoms with Crippen LogP contribution in [0.2, 0.25) is 0 Å². The van der Waals surface area contributed by atoms with E-state index in [4.69, 9.17) is 9.07 Å². The third kappa shape index (κ3) is 4.72. The van der Waals surface area contributed by atoms with Crippen LogP contribution in [0.5, 0.6) is 0 Å². The highest BCUT2D eigenvalue weighted by atomic mass is 127. The number of terminal acetylenes is 2. The molecule has 8 heterocycles. The Labute approximate surface area is 373 Å². The van der Waals surface area contributed by atoms with Crippen LogP contribution in [-0.2, 0) is 13.2 Å². The fraction of sp³-hybridized carbons (Fsp3) is 0.0741. The van der Waals surface area contributed by atoms with Crippen LogP contribution in [0.3, 0.4) is 0 Å². The van der Waals surface area contributed by atoms with E-state index in [0.29, 0.717) is 7.96 Å². The molecule has 7 heteroatoms. The highest BCUT2D eigenvalue weighted by molar-refractivity contribution is 14.2. The lowest BCUT2D eigenvalue weighted by Gasteiger charge is -2.41. The number of aromatic nitrogens is 2. The maximum Gasteiger partial charge on any atom is 0.553 e. The average molecular weight is 933 g/mol. The van der Waals surface area contributed by atoms with Gasteiger partial charge in [-0.05, 0) is 116 Å². The molecule has 0 N–H and O–H groups in total. The van der Waals surface area contributed by atoms with Crippen LogP contribution in [-0.4, -0.2) is 31.0 Å². The summed E-state index contributed by atoms with van der Waals surface area (Å²) in [4.78, 5) is 0. The average Bonchev–Trinajstić information content (AvgIpc) is 4.13. The Hall–Kier alpha value is -6.46. The molecule has 0 aliphatic carbocycles. The van der Waals surface area contributed by atoms with Crippen molar-refractivity contribution < 1.29 is 10.5 Å². The topological polar surface area (TPSA) is 15.9 Å². The second-order valence-corrected chi connectivity index (χ2v) is 22.6. The molecule has 0 saturated carbocycles. The van der Waals surface area contributed by atoms with Crippen LogP contribution in [0.1, 0.15) is 68.4 Å². The molecule has 12 rings (SSSR count). The van der Waals surface area contributed by atoms with E-state index in [9.17, 15) is 0 Å². The van der Waals surface area contributed by atoms with Crippen molar-refractivity contribution in [2.24, 2.45) is 0 Å². The maximum absolute atomic E-state index is 7.75. The quantitative estimate of drug-likeness (QED) is 0.0729. The van der Waals surface area contributed by atoms with Gasteiger partial charge in [0.25, 0.3) is 0 Å². The number of benzene rings is 4. The van der Waals surface area contributed by atoms with Gasteiger partial charge in [0.1, 0.15) is 2.65 Å². The Bertz CT molecular complexity index is 3720. The monoisotopic (exact) mass is 932 g/mol. The van der Waals surface area contributed by atoms with E-state index in [2.05, 4.69) is 199 Å². The van der Waals surface area contributed by atoms with Gasteiger partial charge >= 0.3 is 5.91 Å². The third-order valence-corrected chi connectivity index (χ3v) is 14.0. The van der Waals surface area contributed by atoms with E-state index < -0.39 is 5.91 Å². The van der Waals surface area contributed by atoms with Crippen molar-refractivity contribution in [3.8, 4) is 35.8 Å². The summed E-state index contributed by atoms with van der Waals surface area (Å²) >= 11 is 2.25. The minimum absolute atomic E-state index is 0.329. The molecule has 2 unspecified atom stereocenters. The molecular formula is C54H34IN4PS+2. The predicted molar refractivity (Wildman–Crippen MR) is 260 cm³/mol. The van der Waals surface area contributed by atoms with Crippen molar-refractivity contribution in [1.29, 1.82) is 1.28 Å². The number of rotatable bonds is 4. The fourth-order valence-electron chi connectivity index (χ4n) is 10.8. The zero-order valence-corrected chi connectivity index (χ0v) is 37.2. The summed E-state index contributed by atoms with van der Waals surface area (Å²) in [5.74, 6) is 8.32. The van der Waals surface area contributed by atoms with E-state index in [1.54, 1.807) is 0 Å². The first kappa shape index (κ1) is 34.3. The Morgan fingerprint density at radius 3 is 1.97 bits per heavy atom. The largest absolute Gasteiger partial charge is 0.553 e. The van der Waals surface area contributed by atoms with Crippen LogP contribution < -0.4 is 10.7 Å². The molecule has 0 amide bonds. The molecule has 1 spiro atoms. The fourth-order valence-corrected chi connectivity index (χ4v) is 11.5. The van der Waals surface area contributed by atoms with E-state index >= 15 is 0 Å². The Kier molecular flexibility index (Phi) is 7.32. The van der Waals surface area contributed by atoms with Crippen LogP contribution in [0.25, 0.3) is 22.3 Å². The molecule has 0 bridgehead atoms. The summed E-state index contributed by atoms with van der Waals surface area (Å²) in [6.07, 6.45) is 17.9. The molecule has 61 heavy (non-hydrogen) atoms. The Morgan fingerprint density at radius 1 is 0.689 bits per heavy atom. The van der Waals surface area contributed by atoms with Gasteiger partial charge in [-0.1, -0.05) is 95.0 Å². The standard InChI is InChI=1S/C54H34IN4PS/c1-6-35-12-16-38(17-13-35)50-41-20-24-45-52(40-11-9-8-10-37(40)7-2)46-25-21-42-51(39-18-14-36(15-19-39)28-29-61(55)60)44-23-27-48-53(49-33(4)30-32(3)31-34(49)5)47-26-22-43(50)58(47)54(56(41)45,57(42)46)59(44)48/h1-2,8-27,30-31,60H,3-5H3/q+2/i1T,60T. The second kappa shape index (κ2) is 13.0. The van der Waals surface area contributed by atoms with Gasteiger partial charge in [-0.25, -0.2) is 0 Å². The number of nitrogens with zero attached hydrogens (tertiary/aromatic N) is 4. The first-order valence-electron chi connectivity index (χ1n) is 21.0. The second-order valence-electron chi connectivity index (χ2n) is 16.1. The molecule has 0 radical (unpaired) electrons. The van der Waals surface area contributed by atoms with E-state index in [-0.39, 0.29) is 7.24 Å². The summed E-state index contributed by atoms with van der Waals surface area (Å²) in [6.45, 7) is 6.66. The SMILES string of the molecule is [3H]C#Cc1ccc(C2=C3C=CC4=[N+]3C35n6c2ccc6C(c2c(C)cc(C)cc2C)=C2C=CC(=[N+]23)C(c2ccc(C#CS(I)=P[3H])cc2)=c2ccc(n25)=C4c2ccccc2C#C)cc1. The number of hydrogen-bond donors (Lipinski definition) is 0. The highest BCUT2D eigenvalue weighted by Gasteiger charge is 2.73. The minimum atomic E-state index is -0.935. The lowest BCUT2D eigenvalue weighted by molar-refractivity contribution is -0.834. The molecular weight excluding hydrogens is 895 g/mol. The summed E-state index contributed by atoms with van der Waals surface area (Å²) in [5.41, 5.74) is 21.9. The normalized spacial score (nSPS) is 19.0. The van der Waals surface area contributed by atoms with Gasteiger partial charge in [0.15, 0.2) is 0 Å². The minimum Gasteiger partial charge on any atom is -0.198 e. The maximum atomic E-state index is 7.75. The lowest BCUT2D eigenvalue weighted by Crippen LogP contribution is -2.71. The van der Waals surface area contributed by atoms with Crippen molar-refractivity contribution in [2.75, 3.05) is 0 Å². The molecule has 2 atom stereocenters. The van der Waals surface area contributed by atoms with E-state index in [1.807, 2.05) is 24.3 Å². The predicted octanol–water partition coefficient (Wildman–Crippen LogP) is 8.65. The summed E-state index contributed by atoms with van der Waals surface area (Å²) in [7, 11) is 0.206. The number of aryl methyl sites for hydroxylation is 3. The van der Waals surface area contributed by atoms with Crippen molar-refractivity contribution in [1.82, 2.24) is 9.13 Å². The summed E-state index contributed by atoms with van der Waals surface area (Å²) in [5, 5.41) is 5.43. The zero-order valence-electron chi connectivity index (χ0n) is 35.3. The van der Waals surface area contributed by atoms with E-state index in [0.717, 1.165) is 95.0 Å². The van der Waals surface area contributed by atoms with Gasteiger partial charge in [0.05, 0.1) is 44.4 Å². The van der Waals surface area contributed by atoms with Gasteiger partial charge in [-0.15, -0.1) is 12.8 Å². The van der Waals surface area contributed by atoms with Crippen molar-refractivity contribution in [3.05, 3.63) is 223 Å². The van der Waals surface area contributed by atoms with Crippen LogP contribution in [0, 0.1) is 56.6 Å². The summed E-state index contributed by atoms with van der Waals surface area (Å²) in [6, 6.07) is 39.1. The molecule has 2 aromatic heterocycles. The first-order valence-corrected chi connectivity index (χ1v) is 24.9. The Balaban J connectivity index is 1.28. The van der Waals surface area contributed by atoms with Gasteiger partial charge in [0.2, 0.25) is 22.8 Å². The van der Waals surface area contributed by atoms with Crippen LogP contribution >= 0.6 is 29.2 Å². The highest BCUT2D eigenvalue weighted by Crippen LogP contribution is 2.53. The molecule has 6 aliphatic rings. The number of hydrogen-bond acceptors (Lipinski definition) is 0. The molecule has 4 nitrogen and oxygen atoms in total. The molecule has 6 aliphatic heterocycles. The molecule has 4 aromatic carbocycles. The summed E-state index contributed by atoms with van der Waals surface area (Å²) < 4.78 is 25.7. The smallest absolute Gasteiger partial charge is 0.198 e. The molecule has 286 valence electrons. The van der Waals surface area contributed by atoms with Gasteiger partial charge < -0.3 is 0 Å². The third-order valence-electron chi connectivity index (χ3n) is 12.8. The molecule has 0 saturated heterocycles. The van der Waals surface area contributed by atoms with E-state index in [1.165, 1.54) is 27.8 Å². The van der Waals surface area contributed by atoms with Crippen molar-refractivity contribution in [3.63, 3.8) is 0 Å².